The van der Waals surface area contributed by atoms with Crippen molar-refractivity contribution in [2.24, 2.45) is 0 Å². The third kappa shape index (κ3) is 2.81. The number of nitrogens with two attached hydrogens (primary N) is 1. The molecule has 2 aromatic carbocycles. The van der Waals surface area contributed by atoms with Gasteiger partial charge in [-0.25, -0.2) is 4.98 Å². The molecule has 0 aliphatic carbocycles. The highest BCUT2D eigenvalue weighted by atomic mass is 35.5. The Labute approximate surface area is 150 Å². The van der Waals surface area contributed by atoms with E-state index in [1.807, 2.05) is 43.3 Å². The van der Waals surface area contributed by atoms with Gasteiger partial charge >= 0.3 is 0 Å². The van der Waals surface area contributed by atoms with E-state index in [2.05, 4.69) is 21.0 Å². The summed E-state index contributed by atoms with van der Waals surface area (Å²) in [5.41, 5.74) is 11.2. The Bertz CT molecular complexity index is 1080. The van der Waals surface area contributed by atoms with Gasteiger partial charge in [-0.15, -0.1) is 0 Å². The fraction of sp³-hybridized carbons (Fsp3) is 0.0500. The maximum atomic E-state index is 6.37. The van der Waals surface area contributed by atoms with Gasteiger partial charge in [0, 0.05) is 22.7 Å². The Hall–Kier alpha value is -2.98. The van der Waals surface area contributed by atoms with Gasteiger partial charge in [-0.3, -0.25) is 9.97 Å². The van der Waals surface area contributed by atoms with E-state index in [9.17, 15) is 0 Å². The number of hydrogen-bond donors (Lipinski definition) is 1. The second-order valence-corrected chi connectivity index (χ2v) is 6.25. The standard InChI is InChI=1S/C20H15ClN4/c1-12-9-14(10-15-16(21)7-8-23-18(12)15)19-20(25-17(22)11-24-19)13-5-3-2-4-6-13/h2-11H,1H3,(H2,22,25). The summed E-state index contributed by atoms with van der Waals surface area (Å²) in [6.45, 7) is 2.02. The fourth-order valence-electron chi connectivity index (χ4n) is 2.95. The molecule has 0 amide bonds. The molecular formula is C20H15ClN4. The van der Waals surface area contributed by atoms with Crippen molar-refractivity contribution < 1.29 is 0 Å². The first-order valence-corrected chi connectivity index (χ1v) is 8.24. The molecule has 5 heteroatoms. The van der Waals surface area contributed by atoms with Crippen molar-refractivity contribution in [2.75, 3.05) is 5.73 Å². The molecule has 0 saturated carbocycles. The molecule has 2 N–H and O–H groups in total. The van der Waals surface area contributed by atoms with Crippen LogP contribution >= 0.6 is 11.6 Å². The largest absolute Gasteiger partial charge is 0.382 e. The van der Waals surface area contributed by atoms with Crippen LogP contribution in [0.1, 0.15) is 5.56 Å². The number of pyridine rings is 1. The van der Waals surface area contributed by atoms with Crippen LogP contribution < -0.4 is 5.73 Å². The lowest BCUT2D eigenvalue weighted by Gasteiger charge is -2.12. The zero-order valence-corrected chi connectivity index (χ0v) is 14.3. The minimum atomic E-state index is 0.389. The molecule has 0 spiro atoms. The molecule has 2 heterocycles. The quantitative estimate of drug-likeness (QED) is 0.560. The summed E-state index contributed by atoms with van der Waals surface area (Å²) in [6.07, 6.45) is 3.29. The minimum Gasteiger partial charge on any atom is -0.382 e. The number of nitrogens with zero attached hydrogens (tertiary/aromatic N) is 3. The summed E-state index contributed by atoms with van der Waals surface area (Å²) in [5, 5.41) is 1.57. The first-order valence-electron chi connectivity index (χ1n) is 7.86. The van der Waals surface area contributed by atoms with Gasteiger partial charge in [-0.05, 0) is 30.7 Å². The van der Waals surface area contributed by atoms with Crippen LogP contribution in [0.25, 0.3) is 33.4 Å². The summed E-state index contributed by atoms with van der Waals surface area (Å²) in [4.78, 5) is 13.5. The molecule has 0 saturated heterocycles. The molecule has 0 radical (unpaired) electrons. The Balaban J connectivity index is 2.00. The van der Waals surface area contributed by atoms with E-state index in [1.165, 1.54) is 0 Å². The van der Waals surface area contributed by atoms with E-state index in [4.69, 9.17) is 17.3 Å². The third-order valence-electron chi connectivity index (χ3n) is 4.09. The van der Waals surface area contributed by atoms with Crippen LogP contribution in [0.15, 0.2) is 60.9 Å². The van der Waals surface area contributed by atoms with Crippen molar-refractivity contribution in [3.8, 4) is 22.5 Å². The van der Waals surface area contributed by atoms with Crippen molar-refractivity contribution >= 4 is 28.3 Å². The van der Waals surface area contributed by atoms with E-state index in [0.29, 0.717) is 10.8 Å². The first kappa shape index (κ1) is 15.5. The smallest absolute Gasteiger partial charge is 0.142 e. The number of halogens is 1. The summed E-state index contributed by atoms with van der Waals surface area (Å²) < 4.78 is 0. The van der Waals surface area contributed by atoms with Gasteiger partial charge in [0.25, 0.3) is 0 Å². The monoisotopic (exact) mass is 346 g/mol. The highest BCUT2D eigenvalue weighted by molar-refractivity contribution is 6.35. The highest BCUT2D eigenvalue weighted by Gasteiger charge is 2.14. The molecule has 4 rings (SSSR count). The van der Waals surface area contributed by atoms with Gasteiger partial charge in [0.05, 0.1) is 28.1 Å². The summed E-state index contributed by atoms with van der Waals surface area (Å²) in [6, 6.07) is 15.7. The molecule has 4 nitrogen and oxygen atoms in total. The van der Waals surface area contributed by atoms with Crippen LogP contribution in [0.5, 0.6) is 0 Å². The van der Waals surface area contributed by atoms with Gasteiger partial charge < -0.3 is 5.73 Å². The van der Waals surface area contributed by atoms with Crippen LogP contribution in [-0.4, -0.2) is 15.0 Å². The van der Waals surface area contributed by atoms with Crippen LogP contribution in [0.2, 0.25) is 5.02 Å². The van der Waals surface area contributed by atoms with E-state index < -0.39 is 0 Å². The molecule has 0 atom stereocenters. The molecule has 0 bridgehead atoms. The van der Waals surface area contributed by atoms with Gasteiger partial charge in [0.1, 0.15) is 5.82 Å². The van der Waals surface area contributed by atoms with Gasteiger partial charge in [-0.1, -0.05) is 41.9 Å². The summed E-state index contributed by atoms with van der Waals surface area (Å²) >= 11 is 6.37. The number of fused-ring (bicyclic) bond motifs is 1. The predicted molar refractivity (Wildman–Crippen MR) is 102 cm³/mol. The van der Waals surface area contributed by atoms with Crippen LogP contribution in [0, 0.1) is 6.92 Å². The van der Waals surface area contributed by atoms with Gasteiger partial charge in [0.15, 0.2) is 0 Å². The molecule has 0 aliphatic heterocycles. The lowest BCUT2D eigenvalue weighted by Crippen LogP contribution is -1.99. The van der Waals surface area contributed by atoms with Crippen molar-refractivity contribution in [3.05, 3.63) is 71.5 Å². The van der Waals surface area contributed by atoms with Crippen molar-refractivity contribution in [1.29, 1.82) is 0 Å². The van der Waals surface area contributed by atoms with Crippen molar-refractivity contribution in [2.45, 2.75) is 6.92 Å². The Morgan fingerprint density at radius 1 is 0.920 bits per heavy atom. The second-order valence-electron chi connectivity index (χ2n) is 5.84. The van der Waals surface area contributed by atoms with Crippen LogP contribution in [0.3, 0.4) is 0 Å². The lowest BCUT2D eigenvalue weighted by atomic mass is 10.00. The van der Waals surface area contributed by atoms with Crippen molar-refractivity contribution in [1.82, 2.24) is 15.0 Å². The number of hydrogen-bond acceptors (Lipinski definition) is 4. The van der Waals surface area contributed by atoms with Crippen molar-refractivity contribution in [3.63, 3.8) is 0 Å². The highest BCUT2D eigenvalue weighted by Crippen LogP contribution is 2.34. The molecule has 25 heavy (non-hydrogen) atoms. The maximum absolute atomic E-state index is 6.37. The van der Waals surface area contributed by atoms with Crippen LogP contribution in [0.4, 0.5) is 5.82 Å². The van der Waals surface area contributed by atoms with E-state index in [-0.39, 0.29) is 0 Å². The Kier molecular flexibility index (Phi) is 3.82. The maximum Gasteiger partial charge on any atom is 0.142 e. The summed E-state index contributed by atoms with van der Waals surface area (Å²) in [5.74, 6) is 0.389. The van der Waals surface area contributed by atoms with E-state index >= 15 is 0 Å². The molecule has 122 valence electrons. The average Bonchev–Trinajstić information content (AvgIpc) is 2.63. The predicted octanol–water partition coefficient (Wildman–Crippen LogP) is 4.90. The summed E-state index contributed by atoms with van der Waals surface area (Å²) in [7, 11) is 0. The number of rotatable bonds is 2. The zero-order valence-electron chi connectivity index (χ0n) is 13.6. The van der Waals surface area contributed by atoms with Gasteiger partial charge in [-0.2, -0.15) is 0 Å². The normalized spacial score (nSPS) is 11.0. The Morgan fingerprint density at radius 2 is 1.72 bits per heavy atom. The van der Waals surface area contributed by atoms with E-state index in [0.717, 1.165) is 39.0 Å². The molecule has 2 aromatic heterocycles. The lowest BCUT2D eigenvalue weighted by molar-refractivity contribution is 1.22. The zero-order chi connectivity index (χ0) is 17.4. The molecule has 0 aliphatic rings. The SMILES string of the molecule is Cc1cc(-c2ncc(N)nc2-c2ccccc2)cc2c(Cl)ccnc12. The van der Waals surface area contributed by atoms with Crippen LogP contribution in [-0.2, 0) is 0 Å². The van der Waals surface area contributed by atoms with E-state index in [1.54, 1.807) is 18.5 Å². The molecule has 0 fully saturated rings. The molecular weight excluding hydrogens is 332 g/mol. The third-order valence-corrected chi connectivity index (χ3v) is 4.42. The number of benzene rings is 2. The average molecular weight is 347 g/mol. The topological polar surface area (TPSA) is 64.7 Å². The number of aryl methyl sites for hydroxylation is 1. The number of aromatic nitrogens is 3. The number of nitrogen functional groups attached to an aromatic ring is 1. The molecule has 0 unspecified atom stereocenters. The second kappa shape index (κ2) is 6.15. The Morgan fingerprint density at radius 3 is 2.52 bits per heavy atom. The first-order chi connectivity index (χ1) is 12.1. The fourth-order valence-corrected chi connectivity index (χ4v) is 3.15. The minimum absolute atomic E-state index is 0.389. The molecule has 4 aromatic rings. The number of anilines is 1. The van der Waals surface area contributed by atoms with Gasteiger partial charge in [0.2, 0.25) is 0 Å².